The zero-order valence-corrected chi connectivity index (χ0v) is 9.78. The number of aliphatic hydroxyl groups is 1. The monoisotopic (exact) mass is 232 g/mol. The third-order valence-corrected chi connectivity index (χ3v) is 1.90. The molecule has 16 heavy (non-hydrogen) atoms. The van der Waals surface area contributed by atoms with E-state index in [2.05, 4.69) is 15.4 Å². The van der Waals surface area contributed by atoms with Gasteiger partial charge in [-0.05, 0) is 6.92 Å². The Balaban J connectivity index is 3.46. The van der Waals surface area contributed by atoms with Gasteiger partial charge in [0, 0.05) is 26.6 Å². The largest absolute Gasteiger partial charge is 0.466 e. The van der Waals surface area contributed by atoms with E-state index in [1.165, 1.54) is 0 Å². The molecule has 0 heterocycles. The molecule has 0 fully saturated rings. The van der Waals surface area contributed by atoms with Crippen LogP contribution in [-0.4, -0.2) is 49.8 Å². The van der Waals surface area contributed by atoms with Crippen molar-refractivity contribution in [3.63, 3.8) is 0 Å². The van der Waals surface area contributed by atoms with E-state index in [0.29, 0.717) is 19.6 Å². The van der Waals surface area contributed by atoms with Gasteiger partial charge in [-0.1, -0.05) is 0 Å². The van der Waals surface area contributed by atoms with E-state index in [9.17, 15) is 14.7 Å². The fraction of sp³-hybridized carbons (Fsp3) is 0.800. The number of hydrogen-bond donors (Lipinski definition) is 3. The van der Waals surface area contributed by atoms with Crippen LogP contribution in [0.15, 0.2) is 0 Å². The second kappa shape index (κ2) is 9.11. The van der Waals surface area contributed by atoms with Crippen molar-refractivity contribution in [2.45, 2.75) is 25.9 Å². The Morgan fingerprint density at radius 3 is 2.69 bits per heavy atom. The van der Waals surface area contributed by atoms with Gasteiger partial charge in [-0.15, -0.1) is 0 Å². The lowest BCUT2D eigenvalue weighted by atomic mass is 10.2. The summed E-state index contributed by atoms with van der Waals surface area (Å²) in [4.78, 5) is 21.8. The van der Waals surface area contributed by atoms with Crippen LogP contribution in [-0.2, 0) is 14.3 Å². The Kier molecular flexibility index (Phi) is 8.46. The molecule has 0 rings (SSSR count). The van der Waals surface area contributed by atoms with E-state index in [1.807, 2.05) is 0 Å². The topological polar surface area (TPSA) is 87.7 Å². The molecule has 6 nitrogen and oxygen atoms in total. The van der Waals surface area contributed by atoms with Crippen LogP contribution in [0, 0.1) is 0 Å². The maximum atomic E-state index is 11.0. The predicted molar refractivity (Wildman–Crippen MR) is 58.8 cm³/mol. The minimum absolute atomic E-state index is 0.0270. The van der Waals surface area contributed by atoms with Crippen LogP contribution in [0.2, 0.25) is 0 Å². The highest BCUT2D eigenvalue weighted by Gasteiger charge is 2.10. The van der Waals surface area contributed by atoms with E-state index in [-0.39, 0.29) is 18.9 Å². The molecule has 0 saturated heterocycles. The van der Waals surface area contributed by atoms with Crippen molar-refractivity contribution in [2.75, 3.05) is 26.7 Å². The first-order valence-electron chi connectivity index (χ1n) is 5.35. The van der Waals surface area contributed by atoms with Crippen molar-refractivity contribution < 1.29 is 19.4 Å². The number of hydrogen-bond acceptors (Lipinski definition) is 5. The Labute approximate surface area is 95.4 Å². The van der Waals surface area contributed by atoms with Gasteiger partial charge in [-0.2, -0.15) is 0 Å². The van der Waals surface area contributed by atoms with Gasteiger partial charge in [0.2, 0.25) is 5.91 Å². The molecule has 6 heteroatoms. The van der Waals surface area contributed by atoms with Gasteiger partial charge in [-0.25, -0.2) is 0 Å². The summed E-state index contributed by atoms with van der Waals surface area (Å²) < 4.78 is 4.68. The fourth-order valence-corrected chi connectivity index (χ4v) is 1.08. The number of nitrogens with one attached hydrogen (secondary N) is 2. The Hall–Kier alpha value is -1.14. The third-order valence-electron chi connectivity index (χ3n) is 1.90. The molecule has 0 aromatic heterocycles. The van der Waals surface area contributed by atoms with Crippen LogP contribution >= 0.6 is 0 Å². The quantitative estimate of drug-likeness (QED) is 0.370. The first-order chi connectivity index (χ1) is 7.60. The van der Waals surface area contributed by atoms with E-state index >= 15 is 0 Å². The van der Waals surface area contributed by atoms with E-state index < -0.39 is 12.1 Å². The highest BCUT2D eigenvalue weighted by molar-refractivity contribution is 5.75. The standard InChI is InChI=1S/C10H20N2O4/c1-3-16-10(15)6-8(13)7-12-5-4-9(14)11-2/h8,12-13H,3-7H2,1-2H3,(H,11,14). The van der Waals surface area contributed by atoms with Crippen LogP contribution in [0.1, 0.15) is 19.8 Å². The van der Waals surface area contributed by atoms with Gasteiger partial charge in [-0.3, -0.25) is 9.59 Å². The molecular weight excluding hydrogens is 212 g/mol. The lowest BCUT2D eigenvalue weighted by Gasteiger charge is -2.10. The molecule has 1 amide bonds. The molecule has 0 aliphatic heterocycles. The summed E-state index contributed by atoms with van der Waals surface area (Å²) in [5.74, 6) is -0.476. The Morgan fingerprint density at radius 2 is 2.12 bits per heavy atom. The maximum Gasteiger partial charge on any atom is 0.308 e. The minimum Gasteiger partial charge on any atom is -0.466 e. The fourth-order valence-electron chi connectivity index (χ4n) is 1.08. The number of carbonyl (C=O) groups excluding carboxylic acids is 2. The van der Waals surface area contributed by atoms with Gasteiger partial charge < -0.3 is 20.5 Å². The third kappa shape index (κ3) is 8.19. The van der Waals surface area contributed by atoms with Gasteiger partial charge in [0.25, 0.3) is 0 Å². The second-order valence-electron chi connectivity index (χ2n) is 3.29. The molecule has 0 spiro atoms. The lowest BCUT2D eigenvalue weighted by molar-refractivity contribution is -0.145. The zero-order chi connectivity index (χ0) is 12.4. The second-order valence-corrected chi connectivity index (χ2v) is 3.29. The number of aliphatic hydroxyl groups excluding tert-OH is 1. The summed E-state index contributed by atoms with van der Waals surface area (Å²) in [6.07, 6.45) is -0.451. The van der Waals surface area contributed by atoms with Crippen LogP contribution in [0.3, 0.4) is 0 Å². The molecular formula is C10H20N2O4. The van der Waals surface area contributed by atoms with Crippen LogP contribution in [0.25, 0.3) is 0 Å². The number of amides is 1. The van der Waals surface area contributed by atoms with Crippen molar-refractivity contribution >= 4 is 11.9 Å². The molecule has 0 bridgehead atoms. The number of carbonyl (C=O) groups is 2. The highest BCUT2D eigenvalue weighted by Crippen LogP contribution is 1.93. The Morgan fingerprint density at radius 1 is 1.44 bits per heavy atom. The number of esters is 1. The average Bonchev–Trinajstić information content (AvgIpc) is 2.24. The summed E-state index contributed by atoms with van der Waals surface area (Å²) in [5.41, 5.74) is 0. The first-order valence-corrected chi connectivity index (χ1v) is 5.35. The summed E-state index contributed by atoms with van der Waals surface area (Å²) >= 11 is 0. The molecule has 0 radical (unpaired) electrons. The maximum absolute atomic E-state index is 11.0. The smallest absolute Gasteiger partial charge is 0.308 e. The van der Waals surface area contributed by atoms with Crippen LogP contribution in [0.4, 0.5) is 0 Å². The van der Waals surface area contributed by atoms with Gasteiger partial charge in [0.1, 0.15) is 0 Å². The summed E-state index contributed by atoms with van der Waals surface area (Å²) in [7, 11) is 1.57. The normalized spacial score (nSPS) is 11.9. The first kappa shape index (κ1) is 14.9. The van der Waals surface area contributed by atoms with Crippen molar-refractivity contribution in [3.8, 4) is 0 Å². The molecule has 94 valence electrons. The zero-order valence-electron chi connectivity index (χ0n) is 9.78. The number of rotatable bonds is 8. The molecule has 0 aromatic rings. The predicted octanol–water partition coefficient (Wildman–Crippen LogP) is -0.974. The molecule has 3 N–H and O–H groups in total. The average molecular weight is 232 g/mol. The van der Waals surface area contributed by atoms with E-state index in [1.54, 1.807) is 14.0 Å². The molecule has 0 aliphatic rings. The van der Waals surface area contributed by atoms with Crippen molar-refractivity contribution in [1.29, 1.82) is 0 Å². The highest BCUT2D eigenvalue weighted by atomic mass is 16.5. The summed E-state index contributed by atoms with van der Waals surface area (Å²) in [6, 6.07) is 0. The van der Waals surface area contributed by atoms with Gasteiger partial charge in [0.15, 0.2) is 0 Å². The Bertz CT molecular complexity index is 221. The van der Waals surface area contributed by atoms with E-state index in [4.69, 9.17) is 0 Å². The van der Waals surface area contributed by atoms with Crippen molar-refractivity contribution in [3.05, 3.63) is 0 Å². The van der Waals surface area contributed by atoms with Gasteiger partial charge >= 0.3 is 5.97 Å². The van der Waals surface area contributed by atoms with Crippen molar-refractivity contribution in [2.24, 2.45) is 0 Å². The SMILES string of the molecule is CCOC(=O)CC(O)CNCCC(=O)NC. The molecule has 1 atom stereocenters. The molecule has 1 unspecified atom stereocenters. The summed E-state index contributed by atoms with van der Waals surface area (Å²) in [6.45, 7) is 2.77. The molecule has 0 saturated carbocycles. The molecule has 0 aliphatic carbocycles. The minimum atomic E-state index is -0.774. The van der Waals surface area contributed by atoms with Gasteiger partial charge in [0.05, 0.1) is 19.1 Å². The molecule has 0 aromatic carbocycles. The number of ether oxygens (including phenoxy) is 1. The summed E-state index contributed by atoms with van der Waals surface area (Å²) in [5, 5.41) is 14.8. The van der Waals surface area contributed by atoms with Crippen molar-refractivity contribution in [1.82, 2.24) is 10.6 Å². The van der Waals surface area contributed by atoms with Crippen LogP contribution < -0.4 is 10.6 Å². The van der Waals surface area contributed by atoms with E-state index in [0.717, 1.165) is 0 Å². The van der Waals surface area contributed by atoms with Crippen LogP contribution in [0.5, 0.6) is 0 Å². The lowest BCUT2D eigenvalue weighted by Crippen LogP contribution is -2.32.